The Morgan fingerprint density at radius 2 is 2.12 bits per heavy atom. The predicted octanol–water partition coefficient (Wildman–Crippen LogP) is 3.30. The second-order valence-electron chi connectivity index (χ2n) is 6.69. The molecule has 4 heteroatoms. The molecule has 0 aromatic heterocycles. The lowest BCUT2D eigenvalue weighted by atomic mass is 10.0. The Bertz CT molecular complexity index is 517. The quantitative estimate of drug-likeness (QED) is 0.595. The molecule has 0 radical (unpaired) electrons. The lowest BCUT2D eigenvalue weighted by molar-refractivity contribution is -0.435. The van der Waals surface area contributed by atoms with Crippen molar-refractivity contribution in [2.45, 2.75) is 59.4 Å². The average Bonchev–Trinajstić information content (AvgIpc) is 2.73. The first-order valence-electron chi connectivity index (χ1n) is 9.80. The van der Waals surface area contributed by atoms with Gasteiger partial charge in [-0.15, -0.1) is 0 Å². The highest BCUT2D eigenvalue weighted by molar-refractivity contribution is 5.59. The van der Waals surface area contributed by atoms with Crippen LogP contribution in [0.4, 0.5) is 0 Å². The van der Waals surface area contributed by atoms with E-state index in [0.29, 0.717) is 6.04 Å². The van der Waals surface area contributed by atoms with E-state index in [2.05, 4.69) is 74.0 Å². The van der Waals surface area contributed by atoms with E-state index >= 15 is 0 Å². The summed E-state index contributed by atoms with van der Waals surface area (Å²) in [4.78, 5) is 2.31. The van der Waals surface area contributed by atoms with Crippen LogP contribution in [0.2, 0.25) is 0 Å². The molecule has 142 valence electrons. The van der Waals surface area contributed by atoms with Crippen molar-refractivity contribution in [3.63, 3.8) is 0 Å². The molecule has 1 unspecified atom stereocenters. The summed E-state index contributed by atoms with van der Waals surface area (Å²) in [6.45, 7) is 11.8. The molecule has 4 nitrogen and oxygen atoms in total. The summed E-state index contributed by atoms with van der Waals surface area (Å²) in [5.41, 5.74) is 3.83. The van der Waals surface area contributed by atoms with Gasteiger partial charge in [0.05, 0.1) is 12.2 Å². The predicted molar refractivity (Wildman–Crippen MR) is 108 cm³/mol. The zero-order chi connectivity index (χ0) is 18.7. The maximum absolute atomic E-state index is 9.09. The zero-order valence-electron chi connectivity index (χ0n) is 16.9. The van der Waals surface area contributed by atoms with Crippen molar-refractivity contribution in [1.29, 1.82) is 0 Å². The minimum Gasteiger partial charge on any atom is -0.395 e. The van der Waals surface area contributed by atoms with Crippen molar-refractivity contribution < 1.29 is 9.68 Å². The third-order valence-corrected chi connectivity index (χ3v) is 4.71. The molecule has 0 fully saturated rings. The molecular weight excluding hydrogens is 310 g/mol. The van der Waals surface area contributed by atoms with E-state index in [1.54, 1.807) is 0 Å². The fourth-order valence-electron chi connectivity index (χ4n) is 3.28. The van der Waals surface area contributed by atoms with Crippen molar-refractivity contribution in [3.8, 4) is 0 Å². The Morgan fingerprint density at radius 1 is 1.36 bits per heavy atom. The number of hydrogen-bond acceptors (Lipinski definition) is 3. The van der Waals surface area contributed by atoms with Crippen molar-refractivity contribution in [3.05, 3.63) is 35.2 Å². The van der Waals surface area contributed by atoms with E-state index in [1.807, 2.05) is 0 Å². The van der Waals surface area contributed by atoms with E-state index in [9.17, 15) is 0 Å². The Kier molecular flexibility index (Phi) is 10.4. The van der Waals surface area contributed by atoms with Crippen molar-refractivity contribution in [2.75, 3.05) is 33.3 Å². The summed E-state index contributed by atoms with van der Waals surface area (Å²) in [5.74, 6) is 0. The van der Waals surface area contributed by atoms with Crippen LogP contribution in [0.15, 0.2) is 35.2 Å². The van der Waals surface area contributed by atoms with Crippen molar-refractivity contribution in [2.24, 2.45) is 0 Å². The molecule has 1 rings (SSSR count). The SMILES string of the molecule is C/C=C1/C(NC(C)CCCN(CC)CCO)=CCC=[N+](C)/C1=C/CC. The number of nitrogens with zero attached hydrogens (tertiary/aromatic N) is 2. The summed E-state index contributed by atoms with van der Waals surface area (Å²) < 4.78 is 2.24. The summed E-state index contributed by atoms with van der Waals surface area (Å²) >= 11 is 0. The number of rotatable bonds is 10. The highest BCUT2D eigenvalue weighted by atomic mass is 16.3. The Hall–Kier alpha value is -1.39. The summed E-state index contributed by atoms with van der Waals surface area (Å²) in [6.07, 6.45) is 13.3. The molecule has 0 aliphatic carbocycles. The van der Waals surface area contributed by atoms with E-state index in [1.165, 1.54) is 17.0 Å². The smallest absolute Gasteiger partial charge is 0.209 e. The molecule has 0 aromatic carbocycles. The van der Waals surface area contributed by atoms with E-state index in [4.69, 9.17) is 5.11 Å². The molecule has 25 heavy (non-hydrogen) atoms. The number of likely N-dealkylation sites (N-methyl/N-ethyl adjacent to an activating group) is 2. The third kappa shape index (κ3) is 7.17. The van der Waals surface area contributed by atoms with Crippen molar-refractivity contribution >= 4 is 6.21 Å². The first kappa shape index (κ1) is 21.7. The van der Waals surface area contributed by atoms with Gasteiger partial charge >= 0.3 is 0 Å². The molecule has 0 saturated carbocycles. The lowest BCUT2D eigenvalue weighted by Crippen LogP contribution is -2.31. The van der Waals surface area contributed by atoms with Gasteiger partial charge in [-0.2, -0.15) is 0 Å². The highest BCUT2D eigenvalue weighted by Crippen LogP contribution is 2.22. The van der Waals surface area contributed by atoms with Crippen LogP contribution < -0.4 is 5.32 Å². The minimum absolute atomic E-state index is 0.246. The van der Waals surface area contributed by atoms with E-state index in [-0.39, 0.29) is 6.61 Å². The van der Waals surface area contributed by atoms with Gasteiger partial charge in [0.2, 0.25) is 5.70 Å². The van der Waals surface area contributed by atoms with Crippen LogP contribution in [0.1, 0.15) is 53.4 Å². The maximum atomic E-state index is 9.09. The van der Waals surface area contributed by atoms with Crippen LogP contribution >= 0.6 is 0 Å². The van der Waals surface area contributed by atoms with Crippen LogP contribution in [0.25, 0.3) is 0 Å². The first-order chi connectivity index (χ1) is 12.1. The standard InChI is InChI=1S/C21H38N3O/c1-6-11-21-19(7-2)20(13-10-14-23(21)5)22-18(4)12-9-15-24(8-3)16-17-25/h7,11,13-14,18,22,25H,6,8-10,12,15-17H2,1-5H3/q+1/b19-7-,21-11+. The largest absolute Gasteiger partial charge is 0.395 e. The molecule has 1 atom stereocenters. The van der Waals surface area contributed by atoms with Crippen LogP contribution in [-0.2, 0) is 0 Å². The lowest BCUT2D eigenvalue weighted by Gasteiger charge is -2.22. The van der Waals surface area contributed by atoms with Gasteiger partial charge in [-0.05, 0) is 52.3 Å². The fourth-order valence-corrected chi connectivity index (χ4v) is 3.28. The highest BCUT2D eigenvalue weighted by Gasteiger charge is 2.21. The molecule has 2 N–H and O–H groups in total. The molecule has 1 aliphatic heterocycles. The van der Waals surface area contributed by atoms with Crippen LogP contribution in [0, 0.1) is 0 Å². The van der Waals surface area contributed by atoms with Crippen molar-refractivity contribution in [1.82, 2.24) is 10.2 Å². The van der Waals surface area contributed by atoms with E-state index in [0.717, 1.165) is 45.3 Å². The van der Waals surface area contributed by atoms with Gasteiger partial charge in [0.1, 0.15) is 13.3 Å². The van der Waals surface area contributed by atoms with Gasteiger partial charge in [-0.3, -0.25) is 0 Å². The molecule has 1 heterocycles. The van der Waals surface area contributed by atoms with E-state index < -0.39 is 0 Å². The minimum atomic E-state index is 0.246. The van der Waals surface area contributed by atoms with Gasteiger partial charge in [0.15, 0.2) is 0 Å². The molecule has 0 aromatic rings. The number of aliphatic hydroxyl groups is 1. The number of nitrogens with one attached hydrogen (secondary N) is 1. The molecule has 0 amide bonds. The summed E-state index contributed by atoms with van der Waals surface area (Å²) in [6, 6.07) is 0.431. The fraction of sp³-hybridized carbons (Fsp3) is 0.667. The average molecular weight is 349 g/mol. The van der Waals surface area contributed by atoms with Gasteiger partial charge in [0.25, 0.3) is 0 Å². The summed E-state index contributed by atoms with van der Waals surface area (Å²) in [5, 5.41) is 12.8. The molecule has 1 aliphatic rings. The number of aliphatic hydroxyl groups excluding tert-OH is 1. The summed E-state index contributed by atoms with van der Waals surface area (Å²) in [7, 11) is 2.13. The van der Waals surface area contributed by atoms with Gasteiger partial charge in [-0.1, -0.05) is 26.0 Å². The molecule has 0 spiro atoms. The Labute approximate surface area is 154 Å². The normalized spacial score (nSPS) is 19.8. The zero-order valence-corrected chi connectivity index (χ0v) is 16.9. The number of hydrogen-bond donors (Lipinski definition) is 2. The first-order valence-corrected chi connectivity index (χ1v) is 9.80. The van der Waals surface area contributed by atoms with Gasteiger partial charge in [-0.25, -0.2) is 4.58 Å². The van der Waals surface area contributed by atoms with Crippen LogP contribution in [0.5, 0.6) is 0 Å². The maximum Gasteiger partial charge on any atom is 0.209 e. The topological polar surface area (TPSA) is 38.5 Å². The Balaban J connectivity index is 2.65. The molecule has 0 bridgehead atoms. The van der Waals surface area contributed by atoms with Crippen LogP contribution in [0.3, 0.4) is 0 Å². The van der Waals surface area contributed by atoms with Gasteiger partial charge < -0.3 is 15.3 Å². The Morgan fingerprint density at radius 3 is 2.72 bits per heavy atom. The third-order valence-electron chi connectivity index (χ3n) is 4.71. The second kappa shape index (κ2) is 12.0. The van der Waals surface area contributed by atoms with Gasteiger partial charge in [0, 0.05) is 24.7 Å². The monoisotopic (exact) mass is 348 g/mol. The number of allylic oxidation sites excluding steroid dienone is 3. The molecule has 0 saturated heterocycles. The molecular formula is C21H38N3O+. The van der Waals surface area contributed by atoms with Crippen LogP contribution in [-0.4, -0.2) is 60.1 Å². The second-order valence-corrected chi connectivity index (χ2v) is 6.69.